The Bertz CT molecular complexity index is 754. The van der Waals surface area contributed by atoms with E-state index in [1.54, 1.807) is 0 Å². The van der Waals surface area contributed by atoms with E-state index in [0.717, 1.165) is 5.56 Å². The van der Waals surface area contributed by atoms with Gasteiger partial charge in [-0.3, -0.25) is 4.79 Å². The molecule has 1 N–H and O–H groups in total. The first kappa shape index (κ1) is 15.5. The molecule has 0 unspecified atom stereocenters. The molecule has 0 aliphatic carbocycles. The van der Waals surface area contributed by atoms with Gasteiger partial charge in [-0.05, 0) is 6.26 Å². The van der Waals surface area contributed by atoms with Crippen molar-refractivity contribution in [1.82, 2.24) is 9.97 Å². The summed E-state index contributed by atoms with van der Waals surface area (Å²) in [4.78, 5) is 18.9. The van der Waals surface area contributed by atoms with Crippen molar-refractivity contribution in [3.8, 4) is 17.3 Å². The van der Waals surface area contributed by atoms with Crippen LogP contribution < -0.4 is 10.7 Å². The third-order valence-corrected chi connectivity index (χ3v) is 5.87. The average Bonchev–Trinajstić information content (AvgIpc) is 2.45. The minimum absolute atomic E-state index is 0.0635. The summed E-state index contributed by atoms with van der Waals surface area (Å²) in [6.07, 6.45) is 1.84. The molecule has 0 saturated heterocycles. The molecule has 0 saturated carbocycles. The fourth-order valence-electron chi connectivity index (χ4n) is 1.99. The average molecular weight is 315 g/mol. The first-order valence-corrected chi connectivity index (χ1v) is 11.3. The van der Waals surface area contributed by atoms with Crippen molar-refractivity contribution >= 4 is 25.0 Å². The summed E-state index contributed by atoms with van der Waals surface area (Å²) in [5.74, 6) is 0. The molecule has 0 aliphatic heterocycles. The van der Waals surface area contributed by atoms with Crippen LogP contribution in [0.1, 0.15) is 5.56 Å². The number of aromatic nitrogens is 2. The lowest BCUT2D eigenvalue weighted by Crippen LogP contribution is -2.37. The number of aromatic amines is 1. The van der Waals surface area contributed by atoms with Crippen LogP contribution in [0.5, 0.6) is 0 Å². The van der Waals surface area contributed by atoms with Crippen molar-refractivity contribution in [3.63, 3.8) is 0 Å². The zero-order valence-electron chi connectivity index (χ0n) is 12.5. The molecule has 0 aliphatic rings. The predicted molar refractivity (Wildman–Crippen MR) is 89.8 cm³/mol. The van der Waals surface area contributed by atoms with Crippen LogP contribution in [0.15, 0.2) is 34.2 Å². The molecule has 21 heavy (non-hydrogen) atoms. The maximum absolute atomic E-state index is 11.9. The van der Waals surface area contributed by atoms with Crippen LogP contribution in [0.4, 0.5) is 0 Å². The SMILES string of the molecule is CSc1nc(-c2ccc([Si](C)(C)C)cc2)c(C#N)c(=O)[nH]1. The van der Waals surface area contributed by atoms with Gasteiger partial charge in [-0.15, -0.1) is 0 Å². The lowest BCUT2D eigenvalue weighted by molar-refractivity contribution is 0.938. The van der Waals surface area contributed by atoms with Crippen LogP contribution in [0.25, 0.3) is 11.3 Å². The Balaban J connectivity index is 2.59. The van der Waals surface area contributed by atoms with Gasteiger partial charge in [0.25, 0.3) is 5.56 Å². The van der Waals surface area contributed by atoms with E-state index in [0.29, 0.717) is 10.9 Å². The fraction of sp³-hybridized carbons (Fsp3) is 0.267. The topological polar surface area (TPSA) is 69.5 Å². The largest absolute Gasteiger partial charge is 0.300 e. The highest BCUT2D eigenvalue weighted by Gasteiger charge is 2.17. The number of nitrogens with zero attached hydrogens (tertiary/aromatic N) is 2. The van der Waals surface area contributed by atoms with E-state index in [1.807, 2.05) is 24.5 Å². The van der Waals surface area contributed by atoms with Crippen molar-refractivity contribution in [2.24, 2.45) is 0 Å². The van der Waals surface area contributed by atoms with E-state index in [9.17, 15) is 10.1 Å². The highest BCUT2D eigenvalue weighted by atomic mass is 32.2. The van der Waals surface area contributed by atoms with E-state index in [1.165, 1.54) is 16.9 Å². The molecular formula is C15H17N3OSSi. The van der Waals surface area contributed by atoms with Gasteiger partial charge in [-0.1, -0.05) is 60.9 Å². The lowest BCUT2D eigenvalue weighted by atomic mass is 10.1. The molecule has 1 aromatic heterocycles. The number of nitriles is 1. The maximum atomic E-state index is 11.9. The molecular weight excluding hydrogens is 298 g/mol. The van der Waals surface area contributed by atoms with Gasteiger partial charge >= 0.3 is 0 Å². The van der Waals surface area contributed by atoms with E-state index in [2.05, 4.69) is 41.7 Å². The molecule has 0 spiro atoms. The summed E-state index contributed by atoms with van der Waals surface area (Å²) >= 11 is 1.35. The van der Waals surface area contributed by atoms with Crippen molar-refractivity contribution in [2.75, 3.05) is 6.26 Å². The number of rotatable bonds is 3. The zero-order valence-corrected chi connectivity index (χ0v) is 14.3. The smallest absolute Gasteiger partial charge is 0.270 e. The third-order valence-electron chi connectivity index (χ3n) is 3.23. The Labute approximate surface area is 129 Å². The Morgan fingerprint density at radius 1 is 1.24 bits per heavy atom. The molecule has 1 heterocycles. The fourth-order valence-corrected chi connectivity index (χ4v) is 3.53. The molecule has 6 heteroatoms. The minimum atomic E-state index is -1.37. The number of hydrogen-bond acceptors (Lipinski definition) is 4. The van der Waals surface area contributed by atoms with Crippen LogP contribution in [0.2, 0.25) is 19.6 Å². The van der Waals surface area contributed by atoms with Gasteiger partial charge in [-0.25, -0.2) is 4.98 Å². The highest BCUT2D eigenvalue weighted by molar-refractivity contribution is 7.98. The Kier molecular flexibility index (Phi) is 4.35. The van der Waals surface area contributed by atoms with Crippen LogP contribution >= 0.6 is 11.8 Å². The van der Waals surface area contributed by atoms with Gasteiger partial charge in [-0.2, -0.15) is 5.26 Å². The Hall–Kier alpha value is -1.84. The van der Waals surface area contributed by atoms with Crippen LogP contribution in [0.3, 0.4) is 0 Å². The summed E-state index contributed by atoms with van der Waals surface area (Å²) in [5.41, 5.74) is 0.928. The Morgan fingerprint density at radius 2 is 1.86 bits per heavy atom. The second-order valence-electron chi connectivity index (χ2n) is 5.74. The highest BCUT2D eigenvalue weighted by Crippen LogP contribution is 2.20. The molecule has 1 aromatic carbocycles. The van der Waals surface area contributed by atoms with E-state index >= 15 is 0 Å². The van der Waals surface area contributed by atoms with E-state index in [4.69, 9.17) is 0 Å². The standard InChI is InChI=1S/C15H17N3OSSi/c1-20-15-17-13(12(9-16)14(19)18-15)10-5-7-11(8-6-10)21(2,3)4/h5-8H,1-4H3,(H,17,18,19). The van der Waals surface area contributed by atoms with Crippen LogP contribution in [-0.2, 0) is 0 Å². The first-order chi connectivity index (χ1) is 9.86. The van der Waals surface area contributed by atoms with E-state index < -0.39 is 8.07 Å². The molecule has 0 radical (unpaired) electrons. The molecule has 108 valence electrons. The molecule has 0 amide bonds. The van der Waals surface area contributed by atoms with Gasteiger partial charge < -0.3 is 4.98 Å². The van der Waals surface area contributed by atoms with Crippen molar-refractivity contribution in [2.45, 2.75) is 24.8 Å². The number of H-pyrrole nitrogens is 1. The zero-order chi connectivity index (χ0) is 15.6. The predicted octanol–water partition coefficient (Wildman–Crippen LogP) is 2.58. The van der Waals surface area contributed by atoms with Crippen molar-refractivity contribution in [3.05, 3.63) is 40.2 Å². The van der Waals surface area contributed by atoms with Gasteiger partial charge in [0.05, 0.1) is 13.8 Å². The first-order valence-electron chi connectivity index (χ1n) is 6.56. The number of hydrogen-bond donors (Lipinski definition) is 1. The lowest BCUT2D eigenvalue weighted by Gasteiger charge is -2.16. The normalized spacial score (nSPS) is 11.2. The summed E-state index contributed by atoms with van der Waals surface area (Å²) in [5, 5.41) is 11.0. The molecule has 0 atom stereocenters. The molecule has 0 bridgehead atoms. The minimum Gasteiger partial charge on any atom is -0.300 e. The quantitative estimate of drug-likeness (QED) is 0.537. The third kappa shape index (κ3) is 3.26. The second kappa shape index (κ2) is 5.88. The van der Waals surface area contributed by atoms with Crippen molar-refractivity contribution < 1.29 is 0 Å². The monoisotopic (exact) mass is 315 g/mol. The Morgan fingerprint density at radius 3 is 2.33 bits per heavy atom. The van der Waals surface area contributed by atoms with Gasteiger partial charge in [0, 0.05) is 5.56 Å². The number of nitrogens with one attached hydrogen (secondary N) is 1. The van der Waals surface area contributed by atoms with Gasteiger partial charge in [0.15, 0.2) is 5.16 Å². The molecule has 4 nitrogen and oxygen atoms in total. The summed E-state index contributed by atoms with van der Waals surface area (Å²) in [6.45, 7) is 6.83. The molecule has 0 fully saturated rings. The number of benzene rings is 1. The van der Waals surface area contributed by atoms with Crippen LogP contribution in [0, 0.1) is 11.3 Å². The van der Waals surface area contributed by atoms with E-state index in [-0.39, 0.29) is 11.1 Å². The maximum Gasteiger partial charge on any atom is 0.270 e. The summed E-state index contributed by atoms with van der Waals surface area (Å²) < 4.78 is 0. The summed E-state index contributed by atoms with van der Waals surface area (Å²) in [7, 11) is -1.37. The number of thioether (sulfide) groups is 1. The van der Waals surface area contributed by atoms with Gasteiger partial charge in [0.1, 0.15) is 11.6 Å². The second-order valence-corrected chi connectivity index (χ2v) is 11.6. The summed E-state index contributed by atoms with van der Waals surface area (Å²) in [6, 6.07) is 9.99. The van der Waals surface area contributed by atoms with Crippen LogP contribution in [-0.4, -0.2) is 24.3 Å². The van der Waals surface area contributed by atoms with Gasteiger partial charge in [0.2, 0.25) is 0 Å². The van der Waals surface area contributed by atoms with Crippen molar-refractivity contribution in [1.29, 1.82) is 5.26 Å². The molecule has 2 aromatic rings. The molecule has 2 rings (SSSR count).